The number of rotatable bonds is 2. The molecule has 1 nitrogen and oxygen atoms in total. The fourth-order valence-electron chi connectivity index (χ4n) is 1.40. The van der Waals surface area contributed by atoms with E-state index in [-0.39, 0.29) is 11.9 Å². The van der Waals surface area contributed by atoms with Gasteiger partial charge in [-0.05, 0) is 32.2 Å². The molecular weight excluding hydrogens is 197 g/mol. The highest BCUT2D eigenvalue weighted by molar-refractivity contribution is 7.19. The minimum absolute atomic E-state index is 0.131. The van der Waals surface area contributed by atoms with Crippen molar-refractivity contribution in [3.8, 4) is 0 Å². The van der Waals surface area contributed by atoms with Crippen molar-refractivity contribution in [2.24, 2.45) is 0 Å². The van der Waals surface area contributed by atoms with E-state index >= 15 is 0 Å². The summed E-state index contributed by atoms with van der Waals surface area (Å²) < 4.78 is 14.4. The third-order valence-electron chi connectivity index (χ3n) is 2.39. The molecule has 1 N–H and O–H groups in total. The van der Waals surface area contributed by atoms with Gasteiger partial charge < -0.3 is 5.32 Å². The fraction of sp³-hybridized carbons (Fsp3) is 0.273. The molecular formula is C11H12FNS. The molecule has 0 aliphatic carbocycles. The van der Waals surface area contributed by atoms with E-state index in [4.69, 9.17) is 0 Å². The Balaban J connectivity index is 2.56. The highest BCUT2D eigenvalue weighted by Crippen LogP contribution is 2.30. The molecule has 1 heterocycles. The first-order valence-corrected chi connectivity index (χ1v) is 5.39. The van der Waals surface area contributed by atoms with Gasteiger partial charge in [0, 0.05) is 21.0 Å². The molecule has 74 valence electrons. The number of thiophene rings is 1. The number of fused-ring (bicyclic) bond motifs is 1. The summed E-state index contributed by atoms with van der Waals surface area (Å²) in [5.74, 6) is -0.131. The molecule has 0 aliphatic heterocycles. The van der Waals surface area contributed by atoms with Crippen molar-refractivity contribution < 1.29 is 4.39 Å². The minimum Gasteiger partial charge on any atom is -0.313 e. The van der Waals surface area contributed by atoms with Gasteiger partial charge in [0.2, 0.25) is 0 Å². The predicted molar refractivity (Wildman–Crippen MR) is 59.3 cm³/mol. The van der Waals surface area contributed by atoms with Gasteiger partial charge in [0.05, 0.1) is 0 Å². The molecule has 0 spiro atoms. The number of hydrogen-bond donors (Lipinski definition) is 1. The summed E-state index contributed by atoms with van der Waals surface area (Å²) in [5.41, 5.74) is 0. The molecule has 14 heavy (non-hydrogen) atoms. The van der Waals surface area contributed by atoms with Crippen LogP contribution in [0.2, 0.25) is 0 Å². The van der Waals surface area contributed by atoms with Crippen LogP contribution in [-0.4, -0.2) is 7.05 Å². The van der Waals surface area contributed by atoms with Crippen molar-refractivity contribution in [3.05, 3.63) is 35.0 Å². The molecule has 0 radical (unpaired) electrons. The van der Waals surface area contributed by atoms with E-state index in [0.717, 1.165) is 10.1 Å². The van der Waals surface area contributed by atoms with Gasteiger partial charge in [0.1, 0.15) is 5.82 Å². The second-order valence-corrected chi connectivity index (χ2v) is 4.43. The lowest BCUT2D eigenvalue weighted by molar-refractivity contribution is 0.639. The van der Waals surface area contributed by atoms with Crippen LogP contribution in [0.15, 0.2) is 24.3 Å². The average Bonchev–Trinajstić information content (AvgIpc) is 2.62. The Morgan fingerprint density at radius 3 is 2.86 bits per heavy atom. The molecule has 0 bridgehead atoms. The molecule has 2 aromatic rings. The van der Waals surface area contributed by atoms with Crippen LogP contribution in [0.25, 0.3) is 10.1 Å². The SMILES string of the molecule is CNC(C)c1cc2c(F)cccc2s1. The second-order valence-electron chi connectivity index (χ2n) is 3.31. The monoisotopic (exact) mass is 209 g/mol. The summed E-state index contributed by atoms with van der Waals surface area (Å²) in [6, 6.07) is 7.42. The van der Waals surface area contributed by atoms with Gasteiger partial charge in [-0.2, -0.15) is 0 Å². The van der Waals surface area contributed by atoms with Gasteiger partial charge in [-0.15, -0.1) is 11.3 Å². The molecule has 1 aromatic heterocycles. The van der Waals surface area contributed by atoms with E-state index in [1.807, 2.05) is 19.2 Å². The summed E-state index contributed by atoms with van der Waals surface area (Å²) in [6.07, 6.45) is 0. The zero-order valence-corrected chi connectivity index (χ0v) is 8.99. The zero-order valence-electron chi connectivity index (χ0n) is 8.17. The smallest absolute Gasteiger partial charge is 0.131 e. The summed E-state index contributed by atoms with van der Waals surface area (Å²) in [6.45, 7) is 2.07. The maximum atomic E-state index is 13.4. The Labute approximate surface area is 86.6 Å². The highest BCUT2D eigenvalue weighted by Gasteiger charge is 2.09. The van der Waals surface area contributed by atoms with E-state index in [1.165, 1.54) is 10.9 Å². The molecule has 0 aliphatic rings. The number of hydrogen-bond acceptors (Lipinski definition) is 2. The molecule has 2 rings (SSSR count). The number of benzene rings is 1. The maximum Gasteiger partial charge on any atom is 0.131 e. The van der Waals surface area contributed by atoms with Gasteiger partial charge >= 0.3 is 0 Å². The van der Waals surface area contributed by atoms with Crippen LogP contribution in [0.3, 0.4) is 0 Å². The zero-order chi connectivity index (χ0) is 10.1. The standard InChI is InChI=1S/C11H12FNS/c1-7(13-2)11-6-8-9(12)4-3-5-10(8)14-11/h3-7,13H,1-2H3. The van der Waals surface area contributed by atoms with E-state index in [2.05, 4.69) is 12.2 Å². The Morgan fingerprint density at radius 1 is 1.43 bits per heavy atom. The predicted octanol–water partition coefficient (Wildman–Crippen LogP) is 3.32. The lowest BCUT2D eigenvalue weighted by atomic mass is 10.2. The molecule has 0 saturated heterocycles. The van der Waals surface area contributed by atoms with Gasteiger partial charge in [-0.3, -0.25) is 0 Å². The summed E-state index contributed by atoms with van der Waals surface area (Å²) >= 11 is 1.64. The van der Waals surface area contributed by atoms with Gasteiger partial charge in [-0.1, -0.05) is 6.07 Å². The fourth-order valence-corrected chi connectivity index (χ4v) is 2.54. The first-order valence-electron chi connectivity index (χ1n) is 4.57. The van der Waals surface area contributed by atoms with Crippen LogP contribution < -0.4 is 5.32 Å². The Morgan fingerprint density at radius 2 is 2.21 bits per heavy atom. The number of nitrogens with one attached hydrogen (secondary N) is 1. The third-order valence-corrected chi connectivity index (χ3v) is 3.67. The Bertz CT molecular complexity index is 449. The van der Waals surface area contributed by atoms with Crippen LogP contribution >= 0.6 is 11.3 Å². The van der Waals surface area contributed by atoms with E-state index in [9.17, 15) is 4.39 Å². The van der Waals surface area contributed by atoms with Crippen molar-refractivity contribution in [3.63, 3.8) is 0 Å². The highest BCUT2D eigenvalue weighted by atomic mass is 32.1. The topological polar surface area (TPSA) is 12.0 Å². The largest absolute Gasteiger partial charge is 0.313 e. The van der Waals surface area contributed by atoms with Crippen molar-refractivity contribution >= 4 is 21.4 Å². The molecule has 1 aromatic carbocycles. The molecule has 0 fully saturated rings. The lowest BCUT2D eigenvalue weighted by Crippen LogP contribution is -2.10. The van der Waals surface area contributed by atoms with Crippen LogP contribution in [0.5, 0.6) is 0 Å². The average molecular weight is 209 g/mol. The van der Waals surface area contributed by atoms with Crippen molar-refractivity contribution in [2.75, 3.05) is 7.05 Å². The van der Waals surface area contributed by atoms with E-state index in [0.29, 0.717) is 0 Å². The van der Waals surface area contributed by atoms with Gasteiger partial charge in [0.25, 0.3) is 0 Å². The summed E-state index contributed by atoms with van der Waals surface area (Å²) in [5, 5.41) is 3.88. The maximum absolute atomic E-state index is 13.4. The first kappa shape index (κ1) is 9.62. The van der Waals surface area contributed by atoms with Crippen LogP contribution in [-0.2, 0) is 0 Å². The molecule has 3 heteroatoms. The molecule has 1 unspecified atom stereocenters. The van der Waals surface area contributed by atoms with Crippen LogP contribution in [0.1, 0.15) is 17.8 Å². The number of halogens is 1. The second kappa shape index (κ2) is 3.67. The van der Waals surface area contributed by atoms with E-state index in [1.54, 1.807) is 17.4 Å². The normalized spacial score (nSPS) is 13.4. The van der Waals surface area contributed by atoms with Crippen molar-refractivity contribution in [2.45, 2.75) is 13.0 Å². The van der Waals surface area contributed by atoms with Crippen molar-refractivity contribution in [1.82, 2.24) is 5.32 Å². The third kappa shape index (κ3) is 1.53. The summed E-state index contributed by atoms with van der Waals surface area (Å²) in [7, 11) is 1.91. The molecule has 1 atom stereocenters. The van der Waals surface area contributed by atoms with E-state index < -0.39 is 0 Å². The Hall–Kier alpha value is -0.930. The van der Waals surface area contributed by atoms with Gasteiger partial charge in [-0.25, -0.2) is 4.39 Å². The summed E-state index contributed by atoms with van der Waals surface area (Å²) in [4.78, 5) is 1.17. The quantitative estimate of drug-likeness (QED) is 0.800. The first-order chi connectivity index (χ1) is 6.72. The van der Waals surface area contributed by atoms with Crippen LogP contribution in [0, 0.1) is 5.82 Å². The molecule has 0 saturated carbocycles. The van der Waals surface area contributed by atoms with Gasteiger partial charge in [0.15, 0.2) is 0 Å². The van der Waals surface area contributed by atoms with Crippen molar-refractivity contribution in [1.29, 1.82) is 0 Å². The minimum atomic E-state index is -0.131. The lowest BCUT2D eigenvalue weighted by Gasteiger charge is -2.05. The van der Waals surface area contributed by atoms with Crippen LogP contribution in [0.4, 0.5) is 4.39 Å². The Kier molecular flexibility index (Phi) is 2.52. The molecule has 0 amide bonds.